The third-order valence-electron chi connectivity index (χ3n) is 5.10. The number of hydrogen-bond acceptors (Lipinski definition) is 5. The molecule has 1 aromatic heterocycles. The summed E-state index contributed by atoms with van der Waals surface area (Å²) in [6.07, 6.45) is 5.64. The second-order valence-electron chi connectivity index (χ2n) is 7.62. The van der Waals surface area contributed by atoms with Gasteiger partial charge in [0.25, 0.3) is 0 Å². The van der Waals surface area contributed by atoms with Crippen molar-refractivity contribution in [2.45, 2.75) is 58.3 Å². The van der Waals surface area contributed by atoms with Crippen LogP contribution in [0, 0.1) is 0 Å². The van der Waals surface area contributed by atoms with E-state index in [1.807, 2.05) is 6.20 Å². The molecule has 1 N–H and O–H groups in total. The fourth-order valence-corrected chi connectivity index (χ4v) is 3.80. The number of nitrogens with zero attached hydrogens (tertiary/aromatic N) is 3. The maximum atomic E-state index is 5.72. The quantitative estimate of drug-likeness (QED) is 0.895. The van der Waals surface area contributed by atoms with Crippen molar-refractivity contribution >= 4 is 0 Å². The van der Waals surface area contributed by atoms with Crippen LogP contribution in [0.25, 0.3) is 0 Å². The summed E-state index contributed by atoms with van der Waals surface area (Å²) in [5.74, 6) is 1.92. The SMILES string of the molecule is CC(C)Oc1ccc(CN2CCc3nc(C4CCCN4)ncc3C2)cc1. The molecule has 5 nitrogen and oxygen atoms in total. The zero-order valence-electron chi connectivity index (χ0n) is 15.7. The highest BCUT2D eigenvalue weighted by atomic mass is 16.5. The van der Waals surface area contributed by atoms with Gasteiger partial charge in [-0.3, -0.25) is 4.90 Å². The summed E-state index contributed by atoms with van der Waals surface area (Å²) >= 11 is 0. The summed E-state index contributed by atoms with van der Waals surface area (Å²) in [6.45, 7) is 8.11. The fraction of sp³-hybridized carbons (Fsp3) is 0.524. The van der Waals surface area contributed by atoms with Crippen molar-refractivity contribution in [1.82, 2.24) is 20.2 Å². The van der Waals surface area contributed by atoms with Crippen molar-refractivity contribution in [3.05, 3.63) is 53.1 Å². The molecule has 1 atom stereocenters. The summed E-state index contributed by atoms with van der Waals surface area (Å²) in [4.78, 5) is 12.0. The van der Waals surface area contributed by atoms with E-state index in [-0.39, 0.29) is 6.10 Å². The van der Waals surface area contributed by atoms with Crippen LogP contribution in [0.15, 0.2) is 30.5 Å². The first-order chi connectivity index (χ1) is 12.7. The smallest absolute Gasteiger partial charge is 0.145 e. The van der Waals surface area contributed by atoms with Gasteiger partial charge in [0.1, 0.15) is 11.6 Å². The fourth-order valence-electron chi connectivity index (χ4n) is 3.80. The molecule has 4 rings (SSSR count). The van der Waals surface area contributed by atoms with Gasteiger partial charge in [0, 0.05) is 43.5 Å². The van der Waals surface area contributed by atoms with Crippen molar-refractivity contribution < 1.29 is 4.74 Å². The number of rotatable bonds is 5. The Hall–Kier alpha value is -1.98. The van der Waals surface area contributed by atoms with E-state index in [9.17, 15) is 0 Å². The van der Waals surface area contributed by atoms with E-state index in [0.717, 1.165) is 50.6 Å². The average Bonchev–Trinajstić information content (AvgIpc) is 3.17. The van der Waals surface area contributed by atoms with Crippen molar-refractivity contribution in [3.63, 3.8) is 0 Å². The van der Waals surface area contributed by atoms with Crippen LogP contribution < -0.4 is 10.1 Å². The highest BCUT2D eigenvalue weighted by Crippen LogP contribution is 2.24. The van der Waals surface area contributed by atoms with E-state index in [1.54, 1.807) is 0 Å². The van der Waals surface area contributed by atoms with Gasteiger partial charge in [-0.15, -0.1) is 0 Å². The lowest BCUT2D eigenvalue weighted by atomic mass is 10.1. The van der Waals surface area contributed by atoms with E-state index in [4.69, 9.17) is 9.72 Å². The van der Waals surface area contributed by atoms with E-state index in [2.05, 4.69) is 53.3 Å². The van der Waals surface area contributed by atoms with Gasteiger partial charge in [-0.25, -0.2) is 9.97 Å². The Morgan fingerprint density at radius 3 is 2.85 bits per heavy atom. The number of hydrogen-bond donors (Lipinski definition) is 1. The number of fused-ring (bicyclic) bond motifs is 1. The van der Waals surface area contributed by atoms with Gasteiger partial charge in [-0.05, 0) is 50.9 Å². The third kappa shape index (κ3) is 4.05. The van der Waals surface area contributed by atoms with Crippen LogP contribution in [0.1, 0.15) is 55.4 Å². The minimum Gasteiger partial charge on any atom is -0.491 e. The van der Waals surface area contributed by atoms with E-state index in [1.165, 1.54) is 23.2 Å². The van der Waals surface area contributed by atoms with Gasteiger partial charge in [0.2, 0.25) is 0 Å². The zero-order valence-corrected chi connectivity index (χ0v) is 15.7. The molecule has 0 saturated carbocycles. The molecule has 3 heterocycles. The molecule has 0 radical (unpaired) electrons. The Morgan fingerprint density at radius 1 is 1.27 bits per heavy atom. The predicted molar refractivity (Wildman–Crippen MR) is 102 cm³/mol. The molecular formula is C21H28N4O. The zero-order chi connectivity index (χ0) is 17.9. The Bertz CT molecular complexity index is 738. The van der Waals surface area contributed by atoms with Crippen LogP contribution in [0.4, 0.5) is 0 Å². The van der Waals surface area contributed by atoms with E-state index >= 15 is 0 Å². The molecule has 0 amide bonds. The molecule has 0 spiro atoms. The highest BCUT2D eigenvalue weighted by molar-refractivity contribution is 5.28. The van der Waals surface area contributed by atoms with Crippen molar-refractivity contribution in [1.29, 1.82) is 0 Å². The molecule has 1 unspecified atom stereocenters. The monoisotopic (exact) mass is 352 g/mol. The first-order valence-corrected chi connectivity index (χ1v) is 9.73. The minimum atomic E-state index is 0.212. The van der Waals surface area contributed by atoms with Crippen LogP contribution in [0.3, 0.4) is 0 Å². The summed E-state index contributed by atoms with van der Waals surface area (Å²) in [7, 11) is 0. The Labute approximate surface area is 155 Å². The normalized spacial score (nSPS) is 20.3. The third-order valence-corrected chi connectivity index (χ3v) is 5.10. The van der Waals surface area contributed by atoms with Gasteiger partial charge in [0.05, 0.1) is 12.1 Å². The summed E-state index contributed by atoms with van der Waals surface area (Å²) in [5, 5.41) is 3.49. The van der Waals surface area contributed by atoms with Gasteiger partial charge < -0.3 is 10.1 Å². The van der Waals surface area contributed by atoms with E-state index in [0.29, 0.717) is 6.04 Å². The second-order valence-corrected chi connectivity index (χ2v) is 7.62. The number of aromatic nitrogens is 2. The van der Waals surface area contributed by atoms with Gasteiger partial charge in [-0.1, -0.05) is 12.1 Å². The standard InChI is InChI=1S/C21H28N4O/c1-15(2)26-18-7-5-16(6-8-18)13-25-11-9-19-17(14-25)12-23-21(24-19)20-4-3-10-22-20/h5-8,12,15,20,22H,3-4,9-11,13-14H2,1-2H3. The minimum absolute atomic E-state index is 0.212. The summed E-state index contributed by atoms with van der Waals surface area (Å²) in [5.41, 5.74) is 3.83. The summed E-state index contributed by atoms with van der Waals surface area (Å²) in [6, 6.07) is 8.82. The largest absolute Gasteiger partial charge is 0.491 e. The lowest BCUT2D eigenvalue weighted by Gasteiger charge is -2.28. The molecule has 1 saturated heterocycles. The maximum Gasteiger partial charge on any atom is 0.145 e. The molecule has 138 valence electrons. The van der Waals surface area contributed by atoms with Crippen molar-refractivity contribution in [3.8, 4) is 5.75 Å². The molecule has 1 fully saturated rings. The molecule has 26 heavy (non-hydrogen) atoms. The van der Waals surface area contributed by atoms with Gasteiger partial charge in [-0.2, -0.15) is 0 Å². The number of benzene rings is 1. The average molecular weight is 352 g/mol. The molecule has 0 aliphatic carbocycles. The molecule has 1 aromatic carbocycles. The predicted octanol–water partition coefficient (Wildman–Crippen LogP) is 3.25. The molecule has 5 heteroatoms. The van der Waals surface area contributed by atoms with Crippen molar-refractivity contribution in [2.75, 3.05) is 13.1 Å². The Balaban J connectivity index is 1.39. The van der Waals surface area contributed by atoms with Gasteiger partial charge in [0.15, 0.2) is 0 Å². The number of ether oxygens (including phenoxy) is 1. The number of nitrogens with one attached hydrogen (secondary N) is 1. The van der Waals surface area contributed by atoms with Crippen molar-refractivity contribution in [2.24, 2.45) is 0 Å². The van der Waals surface area contributed by atoms with Crippen LogP contribution >= 0.6 is 0 Å². The highest BCUT2D eigenvalue weighted by Gasteiger charge is 2.23. The van der Waals surface area contributed by atoms with Crippen LogP contribution in [0.5, 0.6) is 5.75 Å². The maximum absolute atomic E-state index is 5.72. The van der Waals surface area contributed by atoms with Crippen LogP contribution in [-0.2, 0) is 19.5 Å². The molecule has 0 bridgehead atoms. The second kappa shape index (κ2) is 7.72. The molecule has 2 aliphatic heterocycles. The lowest BCUT2D eigenvalue weighted by Crippen LogP contribution is -2.31. The van der Waals surface area contributed by atoms with Crippen LogP contribution in [0.2, 0.25) is 0 Å². The van der Waals surface area contributed by atoms with Crippen LogP contribution in [-0.4, -0.2) is 34.1 Å². The first-order valence-electron chi connectivity index (χ1n) is 9.73. The molecular weight excluding hydrogens is 324 g/mol. The Morgan fingerprint density at radius 2 is 2.12 bits per heavy atom. The topological polar surface area (TPSA) is 50.3 Å². The Kier molecular flexibility index (Phi) is 5.18. The molecule has 2 aromatic rings. The lowest BCUT2D eigenvalue weighted by molar-refractivity contribution is 0.238. The first kappa shape index (κ1) is 17.4. The summed E-state index contributed by atoms with van der Waals surface area (Å²) < 4.78 is 5.72. The van der Waals surface area contributed by atoms with E-state index < -0.39 is 0 Å². The van der Waals surface area contributed by atoms with Gasteiger partial charge >= 0.3 is 0 Å². The molecule has 2 aliphatic rings.